The lowest BCUT2D eigenvalue weighted by Crippen LogP contribution is -2.48. The summed E-state index contributed by atoms with van der Waals surface area (Å²) in [5, 5.41) is 0. The Balaban J connectivity index is 1.82. The monoisotopic (exact) mass is 338 g/mol. The van der Waals surface area contributed by atoms with E-state index in [-0.39, 0.29) is 17.4 Å². The number of carbonyl (C=O) groups is 1. The molecule has 0 aromatic carbocycles. The van der Waals surface area contributed by atoms with E-state index < -0.39 is 0 Å². The van der Waals surface area contributed by atoms with E-state index in [2.05, 4.69) is 11.1 Å². The topological polar surface area (TPSA) is 81.2 Å². The van der Waals surface area contributed by atoms with Gasteiger partial charge in [0.05, 0.1) is 0 Å². The van der Waals surface area contributed by atoms with Crippen molar-refractivity contribution in [3.05, 3.63) is 46.0 Å². The molecule has 6 nitrogen and oxygen atoms in total. The molecule has 1 fully saturated rings. The molecule has 2 N–H and O–H groups in total. The number of aromatic nitrogens is 2. The average molecular weight is 338 g/mol. The van der Waals surface area contributed by atoms with Gasteiger partial charge < -0.3 is 15.2 Å². The van der Waals surface area contributed by atoms with Gasteiger partial charge in [-0.2, -0.15) is 0 Å². The van der Waals surface area contributed by atoms with Crippen molar-refractivity contribution < 1.29 is 4.79 Å². The van der Waals surface area contributed by atoms with Crippen molar-refractivity contribution in [1.82, 2.24) is 14.5 Å². The predicted octanol–water partition coefficient (Wildman–Crippen LogP) is 1.77. The Bertz CT molecular complexity index is 918. The molecule has 2 aliphatic heterocycles. The molecule has 25 heavy (non-hydrogen) atoms. The summed E-state index contributed by atoms with van der Waals surface area (Å²) < 4.78 is 1.87. The van der Waals surface area contributed by atoms with Gasteiger partial charge in [-0.1, -0.05) is 0 Å². The van der Waals surface area contributed by atoms with Crippen LogP contribution >= 0.6 is 0 Å². The van der Waals surface area contributed by atoms with Crippen LogP contribution in [-0.4, -0.2) is 33.4 Å². The van der Waals surface area contributed by atoms with Crippen molar-refractivity contribution in [3.63, 3.8) is 0 Å². The van der Waals surface area contributed by atoms with Gasteiger partial charge in [-0.05, 0) is 42.5 Å². The summed E-state index contributed by atoms with van der Waals surface area (Å²) in [5.41, 5.74) is 9.65. The van der Waals surface area contributed by atoms with E-state index in [0.29, 0.717) is 24.8 Å². The van der Waals surface area contributed by atoms with E-state index in [0.717, 1.165) is 35.3 Å². The minimum atomic E-state index is -0.000573. The average Bonchev–Trinajstić information content (AvgIpc) is 2.57. The number of nitrogens with zero attached hydrogens (tertiary/aromatic N) is 3. The van der Waals surface area contributed by atoms with Gasteiger partial charge in [0.15, 0.2) is 0 Å². The molecule has 2 aromatic heterocycles. The number of hydrogen-bond donors (Lipinski definition) is 1. The van der Waals surface area contributed by atoms with Crippen LogP contribution < -0.4 is 11.3 Å². The lowest BCUT2D eigenvalue weighted by atomic mass is 9.82. The normalized spacial score (nSPS) is 21.8. The lowest BCUT2D eigenvalue weighted by Gasteiger charge is -2.42. The van der Waals surface area contributed by atoms with Gasteiger partial charge in [0.2, 0.25) is 5.91 Å². The number of amides is 1. The first-order valence-electron chi connectivity index (χ1n) is 8.65. The Morgan fingerprint density at radius 1 is 1.24 bits per heavy atom. The number of likely N-dealkylation sites (tertiary alicyclic amines) is 1. The van der Waals surface area contributed by atoms with Gasteiger partial charge >= 0.3 is 0 Å². The maximum absolute atomic E-state index is 12.7. The summed E-state index contributed by atoms with van der Waals surface area (Å²) in [5.74, 6) is 1.08. The van der Waals surface area contributed by atoms with Crippen LogP contribution in [0.2, 0.25) is 0 Å². The van der Waals surface area contributed by atoms with Crippen molar-refractivity contribution in [2.45, 2.75) is 32.7 Å². The fourth-order valence-corrected chi connectivity index (χ4v) is 4.18. The smallest absolute Gasteiger partial charge is 0.251 e. The molecule has 130 valence electrons. The molecule has 6 heteroatoms. The van der Waals surface area contributed by atoms with Crippen LogP contribution in [0.1, 0.15) is 30.5 Å². The SMILES string of the molecule is CC(=O)N1C[C@@H]2C[C@H](C1)c1cc(-c3cc(C)cnc3N)cc(=O)n1C2. The number of fused-ring (bicyclic) bond motifs is 4. The number of nitrogen functional groups attached to an aromatic ring is 1. The molecule has 0 radical (unpaired) electrons. The van der Waals surface area contributed by atoms with E-state index in [4.69, 9.17) is 5.73 Å². The molecule has 1 amide bonds. The summed E-state index contributed by atoms with van der Waals surface area (Å²) >= 11 is 0. The molecular formula is C19H22N4O2. The summed E-state index contributed by atoms with van der Waals surface area (Å²) in [6, 6.07) is 5.67. The zero-order chi connectivity index (χ0) is 17.7. The molecule has 2 aromatic rings. The second-order valence-corrected chi connectivity index (χ2v) is 7.29. The van der Waals surface area contributed by atoms with Crippen LogP contribution in [0.3, 0.4) is 0 Å². The Morgan fingerprint density at radius 2 is 2.04 bits per heavy atom. The molecule has 4 heterocycles. The Labute approximate surface area is 146 Å². The summed E-state index contributed by atoms with van der Waals surface area (Å²) in [6.45, 7) is 5.67. The molecule has 4 rings (SSSR count). The Morgan fingerprint density at radius 3 is 2.80 bits per heavy atom. The minimum absolute atomic E-state index is 0.000573. The van der Waals surface area contributed by atoms with Crippen LogP contribution in [0.25, 0.3) is 11.1 Å². The summed E-state index contributed by atoms with van der Waals surface area (Å²) in [4.78, 5) is 30.6. The quantitative estimate of drug-likeness (QED) is 0.859. The van der Waals surface area contributed by atoms with E-state index in [1.165, 1.54) is 0 Å². The molecular weight excluding hydrogens is 316 g/mol. The van der Waals surface area contributed by atoms with Crippen molar-refractivity contribution in [1.29, 1.82) is 0 Å². The number of aryl methyl sites for hydroxylation is 1. The van der Waals surface area contributed by atoms with Gasteiger partial charge in [-0.3, -0.25) is 9.59 Å². The summed E-state index contributed by atoms with van der Waals surface area (Å²) in [6.07, 6.45) is 2.74. The largest absolute Gasteiger partial charge is 0.383 e. The maximum Gasteiger partial charge on any atom is 0.251 e. The van der Waals surface area contributed by atoms with Crippen molar-refractivity contribution >= 4 is 11.7 Å². The summed E-state index contributed by atoms with van der Waals surface area (Å²) in [7, 11) is 0. The highest BCUT2D eigenvalue weighted by Gasteiger charge is 2.35. The van der Waals surface area contributed by atoms with Gasteiger partial charge in [0, 0.05) is 56.0 Å². The first kappa shape index (κ1) is 15.9. The van der Waals surface area contributed by atoms with E-state index in [1.807, 2.05) is 22.5 Å². The van der Waals surface area contributed by atoms with E-state index >= 15 is 0 Å². The number of carbonyl (C=O) groups excluding carboxylic acids is 1. The third-order valence-electron chi connectivity index (χ3n) is 5.37. The third kappa shape index (κ3) is 2.71. The fourth-order valence-electron chi connectivity index (χ4n) is 4.18. The number of hydrogen-bond acceptors (Lipinski definition) is 4. The third-order valence-corrected chi connectivity index (χ3v) is 5.37. The molecule has 0 aliphatic carbocycles. The highest BCUT2D eigenvalue weighted by molar-refractivity contribution is 5.75. The van der Waals surface area contributed by atoms with Crippen LogP contribution in [0.15, 0.2) is 29.2 Å². The molecule has 0 unspecified atom stereocenters. The predicted molar refractivity (Wildman–Crippen MR) is 96.2 cm³/mol. The Kier molecular flexibility index (Phi) is 3.63. The first-order chi connectivity index (χ1) is 11.9. The highest BCUT2D eigenvalue weighted by Crippen LogP contribution is 2.37. The maximum atomic E-state index is 12.7. The van der Waals surface area contributed by atoms with Crippen LogP contribution in [-0.2, 0) is 11.3 Å². The standard InChI is InChI=1S/C19H22N4O2/c1-11-3-16(19(20)21-7-11)14-5-17-15-4-13(8-22(10-15)12(2)24)9-23(17)18(25)6-14/h3,5-7,13,15H,4,8-10H2,1-2H3,(H2,20,21)/t13-,15+/m0/s1. The Hall–Kier alpha value is -2.63. The second kappa shape index (κ2) is 5.72. The lowest BCUT2D eigenvalue weighted by molar-refractivity contribution is -0.131. The van der Waals surface area contributed by atoms with Crippen LogP contribution in [0.5, 0.6) is 0 Å². The number of nitrogens with two attached hydrogens (primary N) is 1. The van der Waals surface area contributed by atoms with Crippen LogP contribution in [0.4, 0.5) is 5.82 Å². The van der Waals surface area contributed by atoms with Crippen molar-refractivity contribution in [2.24, 2.45) is 5.92 Å². The number of pyridine rings is 2. The van der Waals surface area contributed by atoms with E-state index in [9.17, 15) is 9.59 Å². The molecule has 2 bridgehead atoms. The van der Waals surface area contributed by atoms with Crippen molar-refractivity contribution in [3.8, 4) is 11.1 Å². The fraction of sp³-hybridized carbons (Fsp3) is 0.421. The highest BCUT2D eigenvalue weighted by atomic mass is 16.2. The van der Waals surface area contributed by atoms with Gasteiger partial charge in [-0.15, -0.1) is 0 Å². The number of anilines is 1. The minimum Gasteiger partial charge on any atom is -0.383 e. The number of rotatable bonds is 1. The van der Waals surface area contributed by atoms with Crippen molar-refractivity contribution in [2.75, 3.05) is 18.8 Å². The zero-order valence-corrected chi connectivity index (χ0v) is 14.5. The molecule has 0 saturated carbocycles. The van der Waals surface area contributed by atoms with Gasteiger partial charge in [0.25, 0.3) is 5.56 Å². The van der Waals surface area contributed by atoms with Gasteiger partial charge in [-0.25, -0.2) is 4.98 Å². The zero-order valence-electron chi connectivity index (χ0n) is 14.5. The molecule has 2 aliphatic rings. The molecule has 0 spiro atoms. The molecule has 2 atom stereocenters. The second-order valence-electron chi connectivity index (χ2n) is 7.29. The molecule has 1 saturated heterocycles. The number of piperidine rings is 1. The van der Waals surface area contributed by atoms with Gasteiger partial charge in [0.1, 0.15) is 5.82 Å². The van der Waals surface area contributed by atoms with E-state index in [1.54, 1.807) is 19.2 Å². The van der Waals surface area contributed by atoms with Crippen LogP contribution in [0, 0.1) is 12.8 Å². The first-order valence-corrected chi connectivity index (χ1v) is 8.65.